The van der Waals surface area contributed by atoms with Crippen LogP contribution in [-0.4, -0.2) is 37.0 Å². The minimum Gasteiger partial charge on any atom is -0.342 e. The molecule has 1 amide bonds. The van der Waals surface area contributed by atoms with Crippen LogP contribution in [0.5, 0.6) is 0 Å². The van der Waals surface area contributed by atoms with Crippen molar-refractivity contribution in [1.29, 1.82) is 0 Å². The highest BCUT2D eigenvalue weighted by atomic mass is 35.5. The van der Waals surface area contributed by atoms with Gasteiger partial charge in [0.25, 0.3) is 0 Å². The Bertz CT molecular complexity index is 552. The fourth-order valence-corrected chi connectivity index (χ4v) is 3.90. The van der Waals surface area contributed by atoms with Crippen molar-refractivity contribution in [3.05, 3.63) is 34.6 Å². The Kier molecular flexibility index (Phi) is 5.22. The van der Waals surface area contributed by atoms with Gasteiger partial charge in [0.2, 0.25) is 5.91 Å². The van der Waals surface area contributed by atoms with Gasteiger partial charge in [-0.05, 0) is 50.4 Å². The summed E-state index contributed by atoms with van der Waals surface area (Å²) in [7, 11) is 0. The number of carbonyl (C=O) groups is 1. The van der Waals surface area contributed by atoms with Crippen LogP contribution in [0, 0.1) is 17.7 Å². The molecule has 0 radical (unpaired) electrons. The quantitative estimate of drug-likeness (QED) is 0.892. The van der Waals surface area contributed by atoms with E-state index < -0.39 is 0 Å². The van der Waals surface area contributed by atoms with Gasteiger partial charge in [-0.25, -0.2) is 4.39 Å². The number of amides is 1. The van der Waals surface area contributed by atoms with Crippen LogP contribution in [0.2, 0.25) is 5.02 Å². The summed E-state index contributed by atoms with van der Waals surface area (Å²) in [6.07, 6.45) is 2.82. The highest BCUT2D eigenvalue weighted by Gasteiger charge is 2.48. The summed E-state index contributed by atoms with van der Waals surface area (Å²) in [4.78, 5) is 14.6. The van der Waals surface area contributed by atoms with Gasteiger partial charge in [0.1, 0.15) is 5.82 Å². The van der Waals surface area contributed by atoms with Gasteiger partial charge >= 0.3 is 0 Å². The van der Waals surface area contributed by atoms with Crippen LogP contribution in [0.1, 0.15) is 37.7 Å². The third-order valence-corrected chi connectivity index (χ3v) is 5.42. The lowest BCUT2D eigenvalue weighted by Gasteiger charge is -2.32. The average Bonchev–Trinajstić information content (AvgIpc) is 3.33. The molecule has 1 aromatic carbocycles. The van der Waals surface area contributed by atoms with Crippen LogP contribution in [-0.2, 0) is 4.79 Å². The first-order valence-electron chi connectivity index (χ1n) is 8.55. The lowest BCUT2D eigenvalue weighted by Crippen LogP contribution is -2.41. The van der Waals surface area contributed by atoms with E-state index in [1.54, 1.807) is 12.1 Å². The van der Waals surface area contributed by atoms with Crippen LogP contribution >= 0.6 is 11.6 Å². The summed E-state index contributed by atoms with van der Waals surface area (Å²) >= 11 is 6.12. The fraction of sp³-hybridized carbons (Fsp3) is 0.611. The van der Waals surface area contributed by atoms with Crippen molar-refractivity contribution in [2.24, 2.45) is 11.8 Å². The molecule has 0 aromatic heterocycles. The number of likely N-dealkylation sites (tertiary alicyclic amines) is 1. The second-order valence-electron chi connectivity index (χ2n) is 6.66. The monoisotopic (exact) mass is 338 g/mol. The summed E-state index contributed by atoms with van der Waals surface area (Å²) in [6, 6.07) is 4.73. The highest BCUT2D eigenvalue weighted by Crippen LogP contribution is 2.51. The number of benzene rings is 1. The number of rotatable bonds is 5. The Morgan fingerprint density at radius 2 is 2.13 bits per heavy atom. The second-order valence-corrected chi connectivity index (χ2v) is 7.07. The molecule has 1 saturated heterocycles. The Morgan fingerprint density at radius 1 is 1.39 bits per heavy atom. The van der Waals surface area contributed by atoms with E-state index in [0.29, 0.717) is 16.5 Å². The molecule has 5 heteroatoms. The molecule has 2 atom stereocenters. The van der Waals surface area contributed by atoms with E-state index in [9.17, 15) is 9.18 Å². The van der Waals surface area contributed by atoms with Crippen LogP contribution in [0.25, 0.3) is 0 Å². The summed E-state index contributed by atoms with van der Waals surface area (Å²) in [5.41, 5.74) is 0.523. The molecule has 2 unspecified atom stereocenters. The van der Waals surface area contributed by atoms with E-state index in [1.165, 1.54) is 6.07 Å². The largest absolute Gasteiger partial charge is 0.342 e. The molecule has 3 nitrogen and oxygen atoms in total. The number of halogens is 2. The van der Waals surface area contributed by atoms with Crippen molar-refractivity contribution in [3.63, 3.8) is 0 Å². The molecule has 1 saturated carbocycles. The lowest BCUT2D eigenvalue weighted by molar-refractivity contribution is -0.134. The smallest absolute Gasteiger partial charge is 0.226 e. The molecule has 126 valence electrons. The van der Waals surface area contributed by atoms with Crippen molar-refractivity contribution >= 4 is 17.5 Å². The highest BCUT2D eigenvalue weighted by molar-refractivity contribution is 6.31. The van der Waals surface area contributed by atoms with Crippen LogP contribution in [0.15, 0.2) is 18.2 Å². The van der Waals surface area contributed by atoms with E-state index >= 15 is 0 Å². The standard InChI is InChI=1S/C18H24ClFN2O/c1-2-21-11-12-6-8-22(9-7-12)18(23)14-10-13(14)17-15(19)4-3-5-16(17)20/h3-5,12-14,21H,2,6-11H2,1H3. The van der Waals surface area contributed by atoms with Crippen LogP contribution in [0.4, 0.5) is 4.39 Å². The fourth-order valence-electron chi connectivity index (χ4n) is 3.59. The van der Waals surface area contributed by atoms with Gasteiger partial charge in [-0.1, -0.05) is 24.6 Å². The van der Waals surface area contributed by atoms with E-state index in [0.717, 1.165) is 45.4 Å². The Hall–Kier alpha value is -1.13. The average molecular weight is 339 g/mol. The molecule has 23 heavy (non-hydrogen) atoms. The van der Waals surface area contributed by atoms with E-state index in [1.807, 2.05) is 4.90 Å². The molecule has 3 rings (SSSR count). The number of piperidine rings is 1. The predicted octanol–water partition coefficient (Wildman–Crippen LogP) is 3.43. The first-order chi connectivity index (χ1) is 11.1. The minimum atomic E-state index is -0.290. The third-order valence-electron chi connectivity index (χ3n) is 5.09. The number of hydrogen-bond acceptors (Lipinski definition) is 2. The maximum absolute atomic E-state index is 14.0. The summed E-state index contributed by atoms with van der Waals surface area (Å²) < 4.78 is 14.0. The normalized spacial score (nSPS) is 24.7. The maximum atomic E-state index is 14.0. The van der Waals surface area contributed by atoms with Crippen LogP contribution in [0.3, 0.4) is 0 Å². The molecule has 1 aliphatic carbocycles. The lowest BCUT2D eigenvalue weighted by atomic mass is 9.96. The second kappa shape index (κ2) is 7.18. The molecule has 2 aliphatic rings. The molecule has 0 bridgehead atoms. The van der Waals surface area contributed by atoms with E-state index in [4.69, 9.17) is 11.6 Å². The Balaban J connectivity index is 1.55. The first-order valence-corrected chi connectivity index (χ1v) is 8.93. The first kappa shape index (κ1) is 16.7. The van der Waals surface area contributed by atoms with Gasteiger partial charge < -0.3 is 10.2 Å². The zero-order valence-corrected chi connectivity index (χ0v) is 14.3. The number of nitrogens with one attached hydrogen (secondary N) is 1. The van der Waals surface area contributed by atoms with Crippen molar-refractivity contribution < 1.29 is 9.18 Å². The van der Waals surface area contributed by atoms with Crippen molar-refractivity contribution in [3.8, 4) is 0 Å². The molecule has 2 fully saturated rings. The topological polar surface area (TPSA) is 32.3 Å². The zero-order valence-electron chi connectivity index (χ0n) is 13.5. The zero-order chi connectivity index (χ0) is 16.4. The van der Waals surface area contributed by atoms with Crippen LogP contribution < -0.4 is 5.32 Å². The summed E-state index contributed by atoms with van der Waals surface area (Å²) in [5.74, 6) is 0.416. The van der Waals surface area contributed by atoms with Gasteiger partial charge in [0.05, 0.1) is 0 Å². The van der Waals surface area contributed by atoms with Gasteiger partial charge in [0.15, 0.2) is 0 Å². The molecule has 1 aliphatic heterocycles. The van der Waals surface area contributed by atoms with E-state index in [2.05, 4.69) is 12.2 Å². The number of nitrogens with zero attached hydrogens (tertiary/aromatic N) is 1. The van der Waals surface area contributed by atoms with Gasteiger partial charge in [0, 0.05) is 35.5 Å². The van der Waals surface area contributed by atoms with Crippen molar-refractivity contribution in [2.45, 2.75) is 32.1 Å². The molecular weight excluding hydrogens is 315 g/mol. The number of carbonyl (C=O) groups excluding carboxylic acids is 1. The van der Waals surface area contributed by atoms with Crippen molar-refractivity contribution in [1.82, 2.24) is 10.2 Å². The molecule has 1 aromatic rings. The minimum absolute atomic E-state index is 0.0457. The van der Waals surface area contributed by atoms with E-state index in [-0.39, 0.29) is 23.6 Å². The number of hydrogen-bond donors (Lipinski definition) is 1. The summed E-state index contributed by atoms with van der Waals surface area (Å²) in [5, 5.41) is 3.82. The van der Waals surface area contributed by atoms with Gasteiger partial charge in [-0.2, -0.15) is 0 Å². The predicted molar refractivity (Wildman–Crippen MR) is 90.1 cm³/mol. The van der Waals surface area contributed by atoms with Gasteiger partial charge in [-0.3, -0.25) is 4.79 Å². The third kappa shape index (κ3) is 3.69. The van der Waals surface area contributed by atoms with Gasteiger partial charge in [-0.15, -0.1) is 0 Å². The Morgan fingerprint density at radius 3 is 2.78 bits per heavy atom. The SMILES string of the molecule is CCNCC1CCN(C(=O)C2CC2c2c(F)cccc2Cl)CC1. The van der Waals surface area contributed by atoms with Crippen molar-refractivity contribution in [2.75, 3.05) is 26.2 Å². The molecular formula is C18H24ClFN2O. The molecule has 1 N–H and O–H groups in total. The summed E-state index contributed by atoms with van der Waals surface area (Å²) in [6.45, 7) is 5.79. The Labute approximate surface area is 142 Å². The molecule has 1 heterocycles. The maximum Gasteiger partial charge on any atom is 0.226 e. The molecule has 0 spiro atoms.